The van der Waals surface area contributed by atoms with Crippen LogP contribution in [0.3, 0.4) is 0 Å². The highest BCUT2D eigenvalue weighted by molar-refractivity contribution is 5.95. The van der Waals surface area contributed by atoms with Crippen LogP contribution in [0.1, 0.15) is 49.4 Å². The van der Waals surface area contributed by atoms with Gasteiger partial charge in [-0.05, 0) is 44.7 Å². The van der Waals surface area contributed by atoms with Crippen molar-refractivity contribution in [1.82, 2.24) is 30.0 Å². The molecule has 39 heavy (non-hydrogen) atoms. The maximum absolute atomic E-state index is 13.0. The van der Waals surface area contributed by atoms with Gasteiger partial charge in [0.25, 0.3) is 11.8 Å². The summed E-state index contributed by atoms with van der Waals surface area (Å²) < 4.78 is 7.38. The normalized spacial score (nSPS) is 18.6. The van der Waals surface area contributed by atoms with Crippen LogP contribution >= 0.6 is 0 Å². The van der Waals surface area contributed by atoms with Crippen molar-refractivity contribution in [3.05, 3.63) is 42.5 Å². The van der Waals surface area contributed by atoms with Crippen LogP contribution in [-0.2, 0) is 20.9 Å². The van der Waals surface area contributed by atoms with Crippen LogP contribution in [0.5, 0.6) is 11.5 Å². The molecule has 1 atom stereocenters. The summed E-state index contributed by atoms with van der Waals surface area (Å²) in [4.78, 5) is 58.1. The van der Waals surface area contributed by atoms with Gasteiger partial charge < -0.3 is 34.8 Å². The largest absolute Gasteiger partial charge is 0.508 e. The highest BCUT2D eigenvalue weighted by Crippen LogP contribution is 2.22. The molecule has 0 radical (unpaired) electrons. The predicted molar refractivity (Wildman–Crippen MR) is 143 cm³/mol. The molecule has 0 unspecified atom stereocenters. The van der Waals surface area contributed by atoms with Crippen molar-refractivity contribution >= 4 is 23.6 Å². The summed E-state index contributed by atoms with van der Waals surface area (Å²) in [5.74, 6) is -1.14. The Morgan fingerprint density at radius 3 is 2.67 bits per heavy atom. The van der Waals surface area contributed by atoms with Crippen molar-refractivity contribution in [1.29, 1.82) is 0 Å². The minimum Gasteiger partial charge on any atom is -0.508 e. The molecule has 12 heteroatoms. The number of fused-ring (bicyclic) bond motifs is 2. The van der Waals surface area contributed by atoms with E-state index >= 15 is 0 Å². The highest BCUT2D eigenvalue weighted by atomic mass is 16.5. The van der Waals surface area contributed by atoms with E-state index in [0.29, 0.717) is 64.8 Å². The minimum absolute atomic E-state index is 0.0409. The number of hydrogen-bond acceptors (Lipinski definition) is 7. The number of amides is 4. The number of phenolic OH excluding ortho intramolecular Hbond substituents is 1. The Hall–Kier alpha value is -4.09. The molecule has 2 heterocycles. The van der Waals surface area contributed by atoms with Crippen LogP contribution in [-0.4, -0.2) is 94.0 Å². The fraction of sp³-hybridized carbons (Fsp3) is 0.519. The molecule has 3 N–H and O–H groups in total. The van der Waals surface area contributed by atoms with E-state index in [1.807, 2.05) is 15.7 Å². The number of nitrogens with zero attached hydrogens (tertiary/aromatic N) is 4. The number of nitrogens with one attached hydrogen (secondary N) is 2. The Labute approximate surface area is 228 Å². The second-order valence-electron chi connectivity index (χ2n) is 9.65. The Morgan fingerprint density at radius 1 is 1.13 bits per heavy atom. The van der Waals surface area contributed by atoms with E-state index in [0.717, 1.165) is 0 Å². The standard InChI is InChI=1S/C27H38N6O6/c1-20-27(38)31(2)10-3-4-12-33(25(36)7-5-11-32-14-9-28-19-32)13-6-8-29-26(37)21-15-22(34)17-23(16-21)39-18-24(35)30-20/h9,14-17,19-20,34H,3-8,10-13,18H2,1-2H3,(H,29,37)(H,30,35)/t20-/m0/s1. The number of carbonyl (C=O) groups excluding carboxylic acids is 4. The quantitative estimate of drug-likeness (QED) is 0.525. The third-order valence-electron chi connectivity index (χ3n) is 6.43. The van der Waals surface area contributed by atoms with E-state index in [2.05, 4.69) is 15.6 Å². The maximum Gasteiger partial charge on any atom is 0.258 e. The number of aryl methyl sites for hydroxylation is 1. The monoisotopic (exact) mass is 542 g/mol. The summed E-state index contributed by atoms with van der Waals surface area (Å²) in [5, 5.41) is 15.4. The van der Waals surface area contributed by atoms with Crippen molar-refractivity contribution < 1.29 is 29.0 Å². The third-order valence-corrected chi connectivity index (χ3v) is 6.43. The van der Waals surface area contributed by atoms with E-state index in [1.54, 1.807) is 31.4 Å². The lowest BCUT2D eigenvalue weighted by Crippen LogP contribution is -2.47. The number of ether oxygens (including phenoxy) is 1. The molecular formula is C27H38N6O6. The predicted octanol–water partition coefficient (Wildman–Crippen LogP) is 1.15. The van der Waals surface area contributed by atoms with Gasteiger partial charge >= 0.3 is 0 Å². The van der Waals surface area contributed by atoms with Gasteiger partial charge in [0.2, 0.25) is 11.8 Å². The molecule has 4 amide bonds. The first kappa shape index (κ1) is 29.5. The molecule has 0 fully saturated rings. The lowest BCUT2D eigenvalue weighted by atomic mass is 10.2. The molecule has 0 aliphatic carbocycles. The van der Waals surface area contributed by atoms with Crippen LogP contribution in [0.4, 0.5) is 0 Å². The van der Waals surface area contributed by atoms with Crippen molar-refractivity contribution in [3.8, 4) is 11.5 Å². The van der Waals surface area contributed by atoms with E-state index < -0.39 is 17.9 Å². The van der Waals surface area contributed by atoms with Crippen molar-refractivity contribution in [2.45, 2.75) is 51.6 Å². The summed E-state index contributed by atoms with van der Waals surface area (Å²) in [7, 11) is 1.68. The Kier molecular flexibility index (Phi) is 11.1. The molecule has 1 aromatic heterocycles. The first-order valence-corrected chi connectivity index (χ1v) is 13.3. The summed E-state index contributed by atoms with van der Waals surface area (Å²) in [6.07, 6.45) is 8.32. The molecule has 1 aromatic carbocycles. The van der Waals surface area contributed by atoms with Gasteiger partial charge in [0, 0.05) is 70.2 Å². The van der Waals surface area contributed by atoms with Gasteiger partial charge in [-0.3, -0.25) is 19.2 Å². The van der Waals surface area contributed by atoms with Gasteiger partial charge in [-0.1, -0.05) is 0 Å². The zero-order valence-corrected chi connectivity index (χ0v) is 22.6. The van der Waals surface area contributed by atoms with Crippen molar-refractivity contribution in [2.24, 2.45) is 0 Å². The minimum atomic E-state index is -0.754. The first-order valence-electron chi connectivity index (χ1n) is 13.3. The number of benzene rings is 1. The number of rotatable bonds is 4. The lowest BCUT2D eigenvalue weighted by molar-refractivity contribution is -0.135. The van der Waals surface area contributed by atoms with Gasteiger partial charge in [0.05, 0.1) is 6.33 Å². The molecule has 212 valence electrons. The van der Waals surface area contributed by atoms with Crippen LogP contribution in [0.25, 0.3) is 0 Å². The van der Waals surface area contributed by atoms with Crippen molar-refractivity contribution in [3.63, 3.8) is 0 Å². The third kappa shape index (κ3) is 9.62. The zero-order chi connectivity index (χ0) is 28.2. The van der Waals surface area contributed by atoms with Crippen LogP contribution < -0.4 is 15.4 Å². The fourth-order valence-electron chi connectivity index (χ4n) is 4.31. The van der Waals surface area contributed by atoms with Gasteiger partial charge in [-0.15, -0.1) is 0 Å². The second-order valence-corrected chi connectivity index (χ2v) is 9.65. The lowest BCUT2D eigenvalue weighted by Gasteiger charge is -2.25. The Bertz CT molecular complexity index is 1120. The Balaban J connectivity index is 1.66. The number of imidazole rings is 1. The molecule has 0 spiro atoms. The van der Waals surface area contributed by atoms with E-state index in [4.69, 9.17) is 4.74 Å². The van der Waals surface area contributed by atoms with Gasteiger partial charge in [0.1, 0.15) is 17.5 Å². The van der Waals surface area contributed by atoms with Gasteiger partial charge in [-0.25, -0.2) is 4.98 Å². The molecule has 1 aliphatic heterocycles. The Morgan fingerprint density at radius 2 is 1.90 bits per heavy atom. The van der Waals surface area contributed by atoms with Crippen molar-refractivity contribution in [2.75, 3.05) is 39.8 Å². The number of likely N-dealkylation sites (N-methyl/N-ethyl adjacent to an activating group) is 1. The smallest absolute Gasteiger partial charge is 0.258 e. The molecule has 3 rings (SSSR count). The summed E-state index contributed by atoms with van der Waals surface area (Å²) in [5.41, 5.74) is 0.178. The average Bonchev–Trinajstić information content (AvgIpc) is 3.43. The summed E-state index contributed by atoms with van der Waals surface area (Å²) in [6, 6.07) is 3.28. The first-order chi connectivity index (χ1) is 18.7. The fourth-order valence-corrected chi connectivity index (χ4v) is 4.31. The van der Waals surface area contributed by atoms with E-state index in [1.165, 1.54) is 18.2 Å². The van der Waals surface area contributed by atoms with Gasteiger partial charge in [-0.2, -0.15) is 0 Å². The van der Waals surface area contributed by atoms with E-state index in [9.17, 15) is 24.3 Å². The van der Waals surface area contributed by atoms with E-state index in [-0.39, 0.29) is 35.5 Å². The SMILES string of the molecule is C[C@@H]1NC(=O)COc2cc(O)cc(c2)C(=O)NCCCN(C(=O)CCCn2ccnc2)CCCCN(C)C1=O. The van der Waals surface area contributed by atoms with Crippen LogP contribution in [0.2, 0.25) is 0 Å². The highest BCUT2D eigenvalue weighted by Gasteiger charge is 2.20. The molecule has 0 saturated carbocycles. The molecule has 2 aromatic rings. The number of carbonyl (C=O) groups is 4. The molecule has 0 saturated heterocycles. The molecule has 12 nitrogen and oxygen atoms in total. The summed E-state index contributed by atoms with van der Waals surface area (Å²) >= 11 is 0. The van der Waals surface area contributed by atoms with Gasteiger partial charge in [0.15, 0.2) is 6.61 Å². The number of phenols is 1. The molecule has 1 aliphatic rings. The van der Waals surface area contributed by atoms with Crippen LogP contribution in [0.15, 0.2) is 36.9 Å². The second kappa shape index (κ2) is 14.7. The number of aromatic hydroxyl groups is 1. The average molecular weight is 543 g/mol. The summed E-state index contributed by atoms with van der Waals surface area (Å²) in [6.45, 7) is 3.77. The topological polar surface area (TPSA) is 146 Å². The maximum atomic E-state index is 13.0. The molecular weight excluding hydrogens is 504 g/mol. The van der Waals surface area contributed by atoms with Crippen LogP contribution in [0, 0.1) is 0 Å². The molecule has 2 bridgehead atoms. The number of hydrogen-bond donors (Lipinski definition) is 3. The number of aromatic nitrogens is 2. The zero-order valence-electron chi connectivity index (χ0n) is 22.6.